The summed E-state index contributed by atoms with van der Waals surface area (Å²) in [6.45, 7) is 9.19. The Hall–Kier alpha value is -1.06. The van der Waals surface area contributed by atoms with E-state index >= 15 is 0 Å². The van der Waals surface area contributed by atoms with Crippen molar-refractivity contribution in [3.8, 4) is 5.75 Å². The van der Waals surface area contributed by atoms with Crippen LogP contribution in [-0.4, -0.2) is 4.98 Å². The van der Waals surface area contributed by atoms with Gasteiger partial charge in [0.25, 0.3) is 0 Å². The van der Waals surface area contributed by atoms with Crippen molar-refractivity contribution in [3.63, 3.8) is 0 Å². The van der Waals surface area contributed by atoms with Crippen LogP contribution in [0.5, 0.6) is 5.75 Å². The van der Waals surface area contributed by atoms with Crippen molar-refractivity contribution >= 4 is 22.9 Å². The molecule has 1 aromatic heterocycles. The Labute approximate surface area is 129 Å². The highest BCUT2D eigenvalue weighted by Gasteiger charge is 2.19. The number of benzene rings is 1. The van der Waals surface area contributed by atoms with Gasteiger partial charge in [-0.1, -0.05) is 38.5 Å². The summed E-state index contributed by atoms with van der Waals surface area (Å²) in [5, 5.41) is 2.94. The van der Waals surface area contributed by atoms with Gasteiger partial charge in [0.1, 0.15) is 17.4 Å². The van der Waals surface area contributed by atoms with Crippen molar-refractivity contribution in [2.24, 2.45) is 0 Å². The summed E-state index contributed by atoms with van der Waals surface area (Å²) < 4.78 is 5.97. The quantitative estimate of drug-likeness (QED) is 0.736. The van der Waals surface area contributed by atoms with E-state index in [1.165, 1.54) is 11.1 Å². The third-order valence-electron chi connectivity index (χ3n) is 3.03. The van der Waals surface area contributed by atoms with Crippen molar-refractivity contribution in [1.29, 1.82) is 0 Å². The summed E-state index contributed by atoms with van der Waals surface area (Å²) in [6.07, 6.45) is 0. The van der Waals surface area contributed by atoms with E-state index < -0.39 is 0 Å². The summed E-state index contributed by atoms with van der Waals surface area (Å²) in [7, 11) is 0. The van der Waals surface area contributed by atoms with E-state index in [4.69, 9.17) is 16.3 Å². The first kappa shape index (κ1) is 15.3. The van der Waals surface area contributed by atoms with Gasteiger partial charge in [0.2, 0.25) is 0 Å². The van der Waals surface area contributed by atoms with Gasteiger partial charge in [0.15, 0.2) is 0 Å². The second kappa shape index (κ2) is 6.15. The summed E-state index contributed by atoms with van der Waals surface area (Å²) in [6, 6.07) is 6.32. The highest BCUT2D eigenvalue weighted by molar-refractivity contribution is 7.09. The molecule has 0 fully saturated rings. The number of aryl methyl sites for hydroxylation is 1. The zero-order chi connectivity index (χ0) is 14.8. The maximum Gasteiger partial charge on any atom is 0.140 e. The minimum Gasteiger partial charge on any atom is -0.486 e. The zero-order valence-electron chi connectivity index (χ0n) is 12.4. The van der Waals surface area contributed by atoms with Crippen LogP contribution >= 0.6 is 22.9 Å². The molecule has 0 radical (unpaired) electrons. The van der Waals surface area contributed by atoms with Gasteiger partial charge in [0.05, 0.1) is 11.6 Å². The number of hydrogen-bond acceptors (Lipinski definition) is 3. The van der Waals surface area contributed by atoms with Gasteiger partial charge < -0.3 is 4.74 Å². The van der Waals surface area contributed by atoms with Crippen LogP contribution in [-0.2, 0) is 17.9 Å². The topological polar surface area (TPSA) is 22.1 Å². The molecule has 0 amide bonds. The molecule has 0 bridgehead atoms. The largest absolute Gasteiger partial charge is 0.486 e. The highest BCUT2D eigenvalue weighted by atomic mass is 35.5. The molecule has 0 aliphatic heterocycles. The van der Waals surface area contributed by atoms with Crippen LogP contribution in [0.3, 0.4) is 0 Å². The molecule has 1 aromatic carbocycles. The SMILES string of the molecule is Cc1ccc(OCc2nc(CCl)cs2)c(C(C)(C)C)c1. The average Bonchev–Trinajstić information content (AvgIpc) is 2.84. The lowest BCUT2D eigenvalue weighted by molar-refractivity contribution is 0.296. The molecular weight excluding hydrogens is 290 g/mol. The number of aromatic nitrogens is 1. The average molecular weight is 310 g/mol. The van der Waals surface area contributed by atoms with Crippen molar-refractivity contribution in [2.45, 2.75) is 45.6 Å². The number of hydrogen-bond donors (Lipinski definition) is 0. The molecule has 0 N–H and O–H groups in total. The van der Waals surface area contributed by atoms with Crippen LogP contribution < -0.4 is 4.74 Å². The Bertz CT molecular complexity index is 586. The van der Waals surface area contributed by atoms with Gasteiger partial charge in [-0.3, -0.25) is 0 Å². The molecule has 0 aliphatic rings. The van der Waals surface area contributed by atoms with Crippen molar-refractivity contribution < 1.29 is 4.74 Å². The van der Waals surface area contributed by atoms with Crippen molar-refractivity contribution in [2.75, 3.05) is 0 Å². The fourth-order valence-electron chi connectivity index (χ4n) is 1.97. The zero-order valence-corrected chi connectivity index (χ0v) is 13.9. The Kier molecular flexibility index (Phi) is 4.71. The number of rotatable bonds is 4. The summed E-state index contributed by atoms with van der Waals surface area (Å²) in [4.78, 5) is 4.41. The predicted molar refractivity (Wildman–Crippen MR) is 85.9 cm³/mol. The summed E-state index contributed by atoms with van der Waals surface area (Å²) in [5.41, 5.74) is 3.45. The molecule has 0 atom stereocenters. The van der Waals surface area contributed by atoms with Gasteiger partial charge >= 0.3 is 0 Å². The monoisotopic (exact) mass is 309 g/mol. The van der Waals surface area contributed by atoms with E-state index in [9.17, 15) is 0 Å². The first-order valence-electron chi connectivity index (χ1n) is 6.63. The molecule has 2 nitrogen and oxygen atoms in total. The van der Waals surface area contributed by atoms with Gasteiger partial charge in [-0.15, -0.1) is 22.9 Å². The number of nitrogens with zero attached hydrogens (tertiary/aromatic N) is 1. The Morgan fingerprint density at radius 1 is 1.30 bits per heavy atom. The van der Waals surface area contributed by atoms with Gasteiger partial charge in [-0.05, 0) is 24.0 Å². The van der Waals surface area contributed by atoms with E-state index in [-0.39, 0.29) is 5.41 Å². The van der Waals surface area contributed by atoms with E-state index in [1.807, 2.05) is 11.4 Å². The lowest BCUT2D eigenvalue weighted by atomic mass is 9.85. The minimum atomic E-state index is 0.0610. The fraction of sp³-hybridized carbons (Fsp3) is 0.438. The number of ether oxygens (including phenoxy) is 1. The van der Waals surface area contributed by atoms with E-state index in [1.54, 1.807) is 11.3 Å². The van der Waals surface area contributed by atoms with Crippen LogP contribution in [0.1, 0.15) is 42.6 Å². The molecule has 1 heterocycles. The maximum atomic E-state index is 5.97. The van der Waals surface area contributed by atoms with Crippen molar-refractivity contribution in [1.82, 2.24) is 4.98 Å². The van der Waals surface area contributed by atoms with E-state index in [0.717, 1.165) is 16.5 Å². The van der Waals surface area contributed by atoms with Crippen LogP contribution in [0.4, 0.5) is 0 Å². The second-order valence-electron chi connectivity index (χ2n) is 5.90. The predicted octanol–water partition coefficient (Wildman–Crippen LogP) is 5.07. The van der Waals surface area contributed by atoms with Crippen molar-refractivity contribution in [3.05, 3.63) is 45.4 Å². The standard InChI is InChI=1S/C16H20ClNOS/c1-11-5-6-14(13(7-11)16(2,3)4)19-9-15-18-12(8-17)10-20-15/h5-7,10H,8-9H2,1-4H3. The van der Waals surface area contributed by atoms with Gasteiger partial charge in [-0.25, -0.2) is 4.98 Å². The molecule has 4 heteroatoms. The highest BCUT2D eigenvalue weighted by Crippen LogP contribution is 2.32. The number of alkyl halides is 1. The lowest BCUT2D eigenvalue weighted by Gasteiger charge is -2.23. The minimum absolute atomic E-state index is 0.0610. The molecule has 0 saturated heterocycles. The van der Waals surface area contributed by atoms with Crippen LogP contribution in [0.15, 0.2) is 23.6 Å². The molecule has 0 saturated carbocycles. The first-order chi connectivity index (χ1) is 9.40. The smallest absolute Gasteiger partial charge is 0.140 e. The Morgan fingerprint density at radius 2 is 2.05 bits per heavy atom. The second-order valence-corrected chi connectivity index (χ2v) is 7.11. The first-order valence-corrected chi connectivity index (χ1v) is 8.05. The van der Waals surface area contributed by atoms with Gasteiger partial charge in [-0.2, -0.15) is 0 Å². The normalized spacial score (nSPS) is 11.7. The number of thiazole rings is 1. The van der Waals surface area contributed by atoms with E-state index in [2.05, 4.69) is 44.8 Å². The van der Waals surface area contributed by atoms with Gasteiger partial charge in [0, 0.05) is 5.38 Å². The molecule has 2 aromatic rings. The third-order valence-corrected chi connectivity index (χ3v) is 4.18. The Balaban J connectivity index is 2.17. The lowest BCUT2D eigenvalue weighted by Crippen LogP contribution is -2.13. The molecule has 20 heavy (non-hydrogen) atoms. The molecular formula is C16H20ClNOS. The van der Waals surface area contributed by atoms with Crippen LogP contribution in [0.2, 0.25) is 0 Å². The molecule has 0 spiro atoms. The molecule has 0 unspecified atom stereocenters. The molecule has 0 aliphatic carbocycles. The van der Waals surface area contributed by atoms with E-state index in [0.29, 0.717) is 12.5 Å². The Morgan fingerprint density at radius 3 is 2.65 bits per heavy atom. The third kappa shape index (κ3) is 3.74. The fourth-order valence-corrected chi connectivity index (χ4v) is 2.91. The maximum absolute atomic E-state index is 5.97. The van der Waals surface area contributed by atoms with Crippen LogP contribution in [0.25, 0.3) is 0 Å². The summed E-state index contributed by atoms with van der Waals surface area (Å²) in [5.74, 6) is 1.39. The molecule has 2 rings (SSSR count). The summed E-state index contributed by atoms with van der Waals surface area (Å²) >= 11 is 7.35. The van der Waals surface area contributed by atoms with Crippen LogP contribution in [0, 0.1) is 6.92 Å². The number of halogens is 1. The molecule has 108 valence electrons.